The summed E-state index contributed by atoms with van der Waals surface area (Å²) < 4.78 is 18.0. The topological polar surface area (TPSA) is 44.9 Å². The first-order chi connectivity index (χ1) is 28.2. The van der Waals surface area contributed by atoms with Crippen molar-refractivity contribution in [1.29, 1.82) is 0 Å². The largest absolute Gasteiger partial charge is 0.455 e. The van der Waals surface area contributed by atoms with Crippen LogP contribution in [-0.2, 0) is 0 Å². The van der Waals surface area contributed by atoms with Crippen LogP contribution in [-0.4, -0.2) is 9.13 Å². The van der Waals surface area contributed by atoms with Crippen LogP contribution in [0.5, 0.6) is 0 Å². The van der Waals surface area contributed by atoms with Crippen LogP contribution in [0.4, 0.5) is 11.4 Å². The van der Waals surface area contributed by atoms with Crippen LogP contribution in [0.2, 0.25) is 0 Å². The molecule has 12 aromatic rings. The number of furan rings is 2. The predicted octanol–water partition coefficient (Wildman–Crippen LogP) is 14.8. The lowest BCUT2D eigenvalue weighted by Crippen LogP contribution is -2.08. The van der Waals surface area contributed by atoms with E-state index in [9.17, 15) is 0 Å². The van der Waals surface area contributed by atoms with Crippen molar-refractivity contribution in [1.82, 2.24) is 9.13 Å². The van der Waals surface area contributed by atoms with E-state index in [4.69, 9.17) is 22.0 Å². The van der Waals surface area contributed by atoms with Gasteiger partial charge in [-0.3, -0.25) is 0 Å². The third-order valence-electron chi connectivity index (χ3n) is 11.7. The molecule has 264 valence electrons. The van der Waals surface area contributed by atoms with Crippen molar-refractivity contribution in [3.63, 3.8) is 0 Å². The Morgan fingerprint density at radius 2 is 0.877 bits per heavy atom. The van der Waals surface area contributed by atoms with Gasteiger partial charge in [0.1, 0.15) is 22.3 Å². The van der Waals surface area contributed by atoms with Gasteiger partial charge in [0.05, 0.1) is 57.4 Å². The Morgan fingerprint density at radius 1 is 0.421 bits per heavy atom. The van der Waals surface area contributed by atoms with Crippen molar-refractivity contribution >= 4 is 98.9 Å². The second kappa shape index (κ2) is 11.5. The molecule has 0 unspecified atom stereocenters. The molecule has 0 aliphatic carbocycles. The molecule has 6 nitrogen and oxygen atoms in total. The third kappa shape index (κ3) is 4.06. The SMILES string of the molecule is [C-]#[N+]c1c(C)c(-n2c3ccccc3c3c4oc5ccccc5c4ccc32)c(-n2c3ccccc3c3c4oc5ccccc5c4ccc32)c(-c2ccccc2)c1[N+]#[C-]. The lowest BCUT2D eigenvalue weighted by Gasteiger charge is -2.25. The first-order valence-electron chi connectivity index (χ1n) is 18.8. The molecule has 0 saturated heterocycles. The highest BCUT2D eigenvalue weighted by atomic mass is 16.3. The quantitative estimate of drug-likeness (QED) is 0.170. The summed E-state index contributed by atoms with van der Waals surface area (Å²) in [5, 5.41) is 8.27. The van der Waals surface area contributed by atoms with Gasteiger partial charge in [0.15, 0.2) is 5.69 Å². The summed E-state index contributed by atoms with van der Waals surface area (Å²) in [6.45, 7) is 19.3. The normalized spacial score (nSPS) is 11.9. The van der Waals surface area contributed by atoms with Crippen LogP contribution in [0.3, 0.4) is 0 Å². The standard InChI is InChI=1S/C51H28N4O2/c1-29-46(52-2)47(53-3)43(30-15-5-4-6-16-30)49(55-38-22-12-8-20-36(38)45-40(55)28-26-34-32-18-10-14-24-42(32)57-51(34)45)48(29)54-37-21-11-7-19-35(37)44-39(54)27-25-33-31-17-9-13-23-41(31)56-50(33)44/h4-28H,1H3. The number of para-hydroxylation sites is 4. The van der Waals surface area contributed by atoms with Crippen LogP contribution in [0.1, 0.15) is 5.56 Å². The molecule has 12 rings (SSSR count). The first kappa shape index (κ1) is 31.3. The molecule has 0 aliphatic rings. The first-order valence-corrected chi connectivity index (χ1v) is 18.8. The molecule has 0 bridgehead atoms. The lowest BCUT2D eigenvalue weighted by atomic mass is 9.95. The Hall–Kier alpha value is -8.06. The number of nitrogens with zero attached hydrogens (tertiary/aromatic N) is 4. The van der Waals surface area contributed by atoms with Crippen LogP contribution >= 0.6 is 0 Å². The molecule has 0 amide bonds. The summed E-state index contributed by atoms with van der Waals surface area (Å²) in [5.74, 6) is 0. The number of hydrogen-bond donors (Lipinski definition) is 0. The molecular weight excluding hydrogens is 701 g/mol. The molecule has 0 N–H and O–H groups in total. The van der Waals surface area contributed by atoms with Crippen LogP contribution in [0.25, 0.3) is 120 Å². The number of hydrogen-bond acceptors (Lipinski definition) is 2. The van der Waals surface area contributed by atoms with Gasteiger partial charge in [0.2, 0.25) is 5.69 Å². The maximum atomic E-state index is 8.68. The maximum absolute atomic E-state index is 8.68. The van der Waals surface area contributed by atoms with E-state index in [1.54, 1.807) is 0 Å². The van der Waals surface area contributed by atoms with E-state index >= 15 is 0 Å². The van der Waals surface area contributed by atoms with E-state index in [1.165, 1.54) is 0 Å². The minimum Gasteiger partial charge on any atom is -0.455 e. The van der Waals surface area contributed by atoms with Crippen molar-refractivity contribution in [2.75, 3.05) is 0 Å². The number of fused-ring (bicyclic) bond motifs is 14. The Labute approximate surface area is 325 Å². The molecule has 8 aromatic carbocycles. The highest BCUT2D eigenvalue weighted by Crippen LogP contribution is 2.53. The fourth-order valence-electron chi connectivity index (χ4n) is 9.38. The van der Waals surface area contributed by atoms with Crippen molar-refractivity contribution in [3.8, 4) is 22.5 Å². The van der Waals surface area contributed by atoms with E-state index in [-0.39, 0.29) is 0 Å². The molecule has 0 saturated carbocycles. The van der Waals surface area contributed by atoms with Crippen molar-refractivity contribution in [2.45, 2.75) is 6.92 Å². The predicted molar refractivity (Wildman–Crippen MR) is 232 cm³/mol. The van der Waals surface area contributed by atoms with Gasteiger partial charge >= 0.3 is 0 Å². The van der Waals surface area contributed by atoms with Gasteiger partial charge in [0, 0.05) is 37.9 Å². The van der Waals surface area contributed by atoms with E-state index < -0.39 is 0 Å². The molecule has 0 aliphatic heterocycles. The van der Waals surface area contributed by atoms with Gasteiger partial charge in [-0.25, -0.2) is 9.69 Å². The van der Waals surface area contributed by atoms with Gasteiger partial charge in [-0.1, -0.05) is 103 Å². The number of aromatic nitrogens is 2. The fraction of sp³-hybridized carbons (Fsp3) is 0.0196. The summed E-state index contributed by atoms with van der Waals surface area (Å²) in [6.07, 6.45) is 0. The zero-order chi connectivity index (χ0) is 37.9. The minimum atomic E-state index is 0.323. The monoisotopic (exact) mass is 728 g/mol. The molecule has 4 aromatic heterocycles. The van der Waals surface area contributed by atoms with Gasteiger partial charge in [0.25, 0.3) is 0 Å². The van der Waals surface area contributed by atoms with Crippen molar-refractivity contribution in [2.24, 2.45) is 0 Å². The third-order valence-corrected chi connectivity index (χ3v) is 11.7. The van der Waals surface area contributed by atoms with Crippen LogP contribution < -0.4 is 0 Å². The highest BCUT2D eigenvalue weighted by molar-refractivity contribution is 6.26. The van der Waals surface area contributed by atoms with E-state index in [0.29, 0.717) is 22.5 Å². The number of rotatable bonds is 3. The zero-order valence-corrected chi connectivity index (χ0v) is 30.5. The van der Waals surface area contributed by atoms with E-state index in [1.807, 2.05) is 73.7 Å². The molecule has 0 atom stereocenters. The molecule has 0 spiro atoms. The molecule has 6 heteroatoms. The summed E-state index contributed by atoms with van der Waals surface area (Å²) in [7, 11) is 0. The molecule has 4 heterocycles. The van der Waals surface area contributed by atoms with Gasteiger partial charge in [-0.2, -0.15) is 0 Å². The second-order valence-electron chi connectivity index (χ2n) is 14.6. The molecular formula is C51H28N4O2. The van der Waals surface area contributed by atoms with E-state index in [0.717, 1.165) is 104 Å². The smallest absolute Gasteiger partial charge is 0.204 e. The van der Waals surface area contributed by atoms with Crippen LogP contribution in [0.15, 0.2) is 160 Å². The summed E-state index contributed by atoms with van der Waals surface area (Å²) in [5.41, 5.74) is 11.7. The lowest BCUT2D eigenvalue weighted by molar-refractivity contribution is 0.672. The van der Waals surface area contributed by atoms with Crippen molar-refractivity contribution in [3.05, 3.63) is 180 Å². The second-order valence-corrected chi connectivity index (χ2v) is 14.6. The Morgan fingerprint density at radius 3 is 1.40 bits per heavy atom. The molecule has 57 heavy (non-hydrogen) atoms. The van der Waals surface area contributed by atoms with Crippen LogP contribution in [0, 0.1) is 20.1 Å². The maximum Gasteiger partial charge on any atom is 0.204 e. The fourth-order valence-corrected chi connectivity index (χ4v) is 9.38. The van der Waals surface area contributed by atoms with Crippen molar-refractivity contribution < 1.29 is 8.83 Å². The minimum absolute atomic E-state index is 0.323. The molecule has 0 fully saturated rings. The summed E-state index contributed by atoms with van der Waals surface area (Å²) >= 11 is 0. The zero-order valence-electron chi connectivity index (χ0n) is 30.5. The average Bonchev–Trinajstić information content (AvgIpc) is 4.01. The molecule has 0 radical (unpaired) electrons. The highest BCUT2D eigenvalue weighted by Gasteiger charge is 2.31. The summed E-state index contributed by atoms with van der Waals surface area (Å²) in [6, 6.07) is 51.8. The Bertz CT molecular complexity index is 3790. The van der Waals surface area contributed by atoms with E-state index in [2.05, 4.69) is 104 Å². The Kier molecular flexibility index (Phi) is 6.30. The Balaban J connectivity index is 1.34. The summed E-state index contributed by atoms with van der Waals surface area (Å²) in [4.78, 5) is 8.31. The average molecular weight is 729 g/mol. The number of benzene rings is 8. The van der Waals surface area contributed by atoms with Gasteiger partial charge in [-0.15, -0.1) is 0 Å². The van der Waals surface area contributed by atoms with Gasteiger partial charge < -0.3 is 18.0 Å². The van der Waals surface area contributed by atoms with Gasteiger partial charge in [-0.05, 0) is 66.6 Å².